The molecule has 0 radical (unpaired) electrons. The molecule has 5 heteroatoms. The molecular formula is C16H22O3Si2. The molecular weight excluding hydrogens is 296 g/mol. The maximum atomic E-state index is 10.2. The molecule has 0 aromatic heterocycles. The lowest BCUT2D eigenvalue weighted by molar-refractivity contribution is 0.482. The van der Waals surface area contributed by atoms with Crippen LogP contribution in [0.1, 0.15) is 0 Å². The Balaban J connectivity index is 2.27. The Kier molecular flexibility index (Phi) is 4.39. The fourth-order valence-electron chi connectivity index (χ4n) is 2.02. The van der Waals surface area contributed by atoms with Crippen molar-refractivity contribution in [1.82, 2.24) is 0 Å². The molecule has 0 unspecified atom stereocenters. The third-order valence-electron chi connectivity index (χ3n) is 3.32. The maximum Gasteiger partial charge on any atom is 0.214 e. The first-order chi connectivity index (χ1) is 9.66. The van der Waals surface area contributed by atoms with E-state index in [-0.39, 0.29) is 0 Å². The lowest BCUT2D eigenvalue weighted by Crippen LogP contribution is -2.41. The molecule has 2 aromatic rings. The smallest absolute Gasteiger partial charge is 0.214 e. The van der Waals surface area contributed by atoms with Crippen LogP contribution in [-0.2, 0) is 0 Å². The van der Waals surface area contributed by atoms with Gasteiger partial charge in [0.15, 0.2) is 0 Å². The predicted octanol–water partition coefficient (Wildman–Crippen LogP) is 2.29. The van der Waals surface area contributed by atoms with Gasteiger partial charge >= 0.3 is 0 Å². The number of ether oxygens (including phenoxy) is 1. The van der Waals surface area contributed by atoms with Gasteiger partial charge in [0.1, 0.15) is 11.5 Å². The lowest BCUT2D eigenvalue weighted by Gasteiger charge is -2.17. The second kappa shape index (κ2) is 5.77. The highest BCUT2D eigenvalue weighted by Crippen LogP contribution is 2.20. The minimum atomic E-state index is -2.34. The van der Waals surface area contributed by atoms with Gasteiger partial charge in [0.2, 0.25) is 16.6 Å². The SMILES string of the molecule is C[Si](C)(O)c1cccc(Oc2cccc([Si](C)(C)O)c2)c1. The third-order valence-corrected chi connectivity index (χ3v) is 6.76. The van der Waals surface area contributed by atoms with Crippen molar-refractivity contribution in [3.63, 3.8) is 0 Å². The first-order valence-corrected chi connectivity index (χ1v) is 12.9. The van der Waals surface area contributed by atoms with Gasteiger partial charge in [-0.25, -0.2) is 0 Å². The summed E-state index contributed by atoms with van der Waals surface area (Å²) in [6, 6.07) is 15.2. The van der Waals surface area contributed by atoms with Gasteiger partial charge in [0.25, 0.3) is 0 Å². The van der Waals surface area contributed by atoms with Gasteiger partial charge in [-0.05, 0) is 60.8 Å². The Labute approximate surface area is 128 Å². The normalized spacial score (nSPS) is 12.3. The van der Waals surface area contributed by atoms with Crippen LogP contribution in [-0.4, -0.2) is 26.2 Å². The topological polar surface area (TPSA) is 49.7 Å². The highest BCUT2D eigenvalue weighted by molar-refractivity contribution is 6.83. The summed E-state index contributed by atoms with van der Waals surface area (Å²) in [5.74, 6) is 1.41. The van der Waals surface area contributed by atoms with Crippen molar-refractivity contribution in [3.05, 3.63) is 48.5 Å². The number of hydrogen-bond acceptors (Lipinski definition) is 3. The summed E-state index contributed by atoms with van der Waals surface area (Å²) in [6.07, 6.45) is 0. The van der Waals surface area contributed by atoms with Crippen LogP contribution in [0.25, 0.3) is 0 Å². The fourth-order valence-corrected chi connectivity index (χ4v) is 4.02. The minimum Gasteiger partial charge on any atom is -0.457 e. The van der Waals surface area contributed by atoms with Gasteiger partial charge in [0.05, 0.1) is 0 Å². The second-order valence-electron chi connectivity index (χ2n) is 6.28. The van der Waals surface area contributed by atoms with Crippen LogP contribution in [0.15, 0.2) is 48.5 Å². The Hall–Kier alpha value is -1.41. The van der Waals surface area contributed by atoms with Crippen LogP contribution >= 0.6 is 0 Å². The zero-order valence-electron chi connectivity index (χ0n) is 12.9. The number of rotatable bonds is 4. The average molecular weight is 319 g/mol. The summed E-state index contributed by atoms with van der Waals surface area (Å²) in [5.41, 5.74) is 0. The molecule has 21 heavy (non-hydrogen) atoms. The van der Waals surface area contributed by atoms with Crippen LogP contribution in [0.2, 0.25) is 26.2 Å². The number of benzene rings is 2. The van der Waals surface area contributed by atoms with Crippen molar-refractivity contribution < 1.29 is 14.3 Å². The largest absolute Gasteiger partial charge is 0.457 e. The molecule has 0 aliphatic carbocycles. The fraction of sp³-hybridized carbons (Fsp3) is 0.250. The molecule has 0 atom stereocenters. The first-order valence-electron chi connectivity index (χ1n) is 7.00. The predicted molar refractivity (Wildman–Crippen MR) is 91.6 cm³/mol. The van der Waals surface area contributed by atoms with E-state index in [0.29, 0.717) is 11.5 Å². The zero-order chi connectivity index (χ0) is 15.7. The summed E-state index contributed by atoms with van der Waals surface area (Å²) in [7, 11) is -4.67. The van der Waals surface area contributed by atoms with E-state index >= 15 is 0 Å². The van der Waals surface area contributed by atoms with Crippen LogP contribution in [0.4, 0.5) is 0 Å². The van der Waals surface area contributed by atoms with E-state index < -0.39 is 16.6 Å². The third kappa shape index (κ3) is 4.28. The summed E-state index contributed by atoms with van der Waals surface area (Å²) < 4.78 is 5.87. The zero-order valence-corrected chi connectivity index (χ0v) is 14.9. The molecule has 0 aliphatic rings. The van der Waals surface area contributed by atoms with Gasteiger partial charge in [-0.1, -0.05) is 24.3 Å². The van der Waals surface area contributed by atoms with Crippen molar-refractivity contribution >= 4 is 27.0 Å². The number of hydrogen-bond donors (Lipinski definition) is 2. The molecule has 2 rings (SSSR count). The highest BCUT2D eigenvalue weighted by atomic mass is 28.4. The monoisotopic (exact) mass is 318 g/mol. The van der Waals surface area contributed by atoms with E-state index in [1.54, 1.807) is 0 Å². The van der Waals surface area contributed by atoms with Gasteiger partial charge in [0, 0.05) is 0 Å². The van der Waals surface area contributed by atoms with Crippen LogP contribution < -0.4 is 15.1 Å². The van der Waals surface area contributed by atoms with E-state index in [0.717, 1.165) is 10.4 Å². The molecule has 0 saturated carbocycles. The van der Waals surface area contributed by atoms with Crippen LogP contribution in [0, 0.1) is 0 Å². The molecule has 3 nitrogen and oxygen atoms in total. The summed E-state index contributed by atoms with van der Waals surface area (Å²) in [4.78, 5) is 20.4. The van der Waals surface area contributed by atoms with Gasteiger partial charge in [-0.3, -0.25) is 0 Å². The van der Waals surface area contributed by atoms with Crippen molar-refractivity contribution in [2.24, 2.45) is 0 Å². The molecule has 112 valence electrons. The Morgan fingerprint density at radius 3 is 1.43 bits per heavy atom. The Morgan fingerprint density at radius 1 is 0.714 bits per heavy atom. The van der Waals surface area contributed by atoms with Crippen molar-refractivity contribution in [2.75, 3.05) is 0 Å². The second-order valence-corrected chi connectivity index (χ2v) is 13.7. The van der Waals surface area contributed by atoms with Crippen LogP contribution in [0.3, 0.4) is 0 Å². The van der Waals surface area contributed by atoms with Crippen molar-refractivity contribution in [3.8, 4) is 11.5 Å². The molecule has 2 N–H and O–H groups in total. The molecule has 0 saturated heterocycles. The summed E-state index contributed by atoms with van der Waals surface area (Å²) in [5, 5.41) is 1.88. The quantitative estimate of drug-likeness (QED) is 0.851. The van der Waals surface area contributed by atoms with Gasteiger partial charge in [-0.2, -0.15) is 0 Å². The maximum absolute atomic E-state index is 10.2. The Morgan fingerprint density at radius 2 is 1.10 bits per heavy atom. The minimum absolute atomic E-state index is 0.705. The van der Waals surface area contributed by atoms with E-state index in [1.165, 1.54) is 0 Å². The van der Waals surface area contributed by atoms with Gasteiger partial charge < -0.3 is 14.3 Å². The average Bonchev–Trinajstić information content (AvgIpc) is 2.37. The van der Waals surface area contributed by atoms with Crippen LogP contribution in [0.5, 0.6) is 11.5 Å². The van der Waals surface area contributed by atoms with E-state index in [9.17, 15) is 9.59 Å². The van der Waals surface area contributed by atoms with E-state index in [4.69, 9.17) is 4.74 Å². The van der Waals surface area contributed by atoms with Gasteiger partial charge in [-0.15, -0.1) is 0 Å². The molecule has 0 amide bonds. The standard InChI is InChI=1S/C16H22O3Si2/c1-20(2,17)15-9-5-7-13(11-15)19-14-8-6-10-16(12-14)21(3,4)18/h5-12,17-18H,1-4H3. The Bertz CT molecular complexity index is 572. The molecule has 0 spiro atoms. The van der Waals surface area contributed by atoms with E-state index in [1.807, 2.05) is 74.7 Å². The lowest BCUT2D eigenvalue weighted by atomic mass is 10.3. The molecule has 0 bridgehead atoms. The molecule has 2 aromatic carbocycles. The molecule has 0 aliphatic heterocycles. The van der Waals surface area contributed by atoms with Crippen molar-refractivity contribution in [2.45, 2.75) is 26.2 Å². The molecule has 0 heterocycles. The summed E-state index contributed by atoms with van der Waals surface area (Å²) in [6.45, 7) is 7.53. The summed E-state index contributed by atoms with van der Waals surface area (Å²) >= 11 is 0. The van der Waals surface area contributed by atoms with Crippen molar-refractivity contribution in [1.29, 1.82) is 0 Å². The first kappa shape index (κ1) is 16.0. The molecule has 0 fully saturated rings. The highest BCUT2D eigenvalue weighted by Gasteiger charge is 2.21. The van der Waals surface area contributed by atoms with E-state index in [2.05, 4.69) is 0 Å².